The third-order valence-electron chi connectivity index (χ3n) is 5.11. The number of nitrogens with zero attached hydrogens (tertiary/aromatic N) is 2. The summed E-state index contributed by atoms with van der Waals surface area (Å²) in [6.45, 7) is 6.50. The molecule has 0 spiro atoms. The molecule has 1 atom stereocenters. The first-order valence-electron chi connectivity index (χ1n) is 9.71. The fourth-order valence-corrected chi connectivity index (χ4v) is 4.76. The first-order valence-corrected chi connectivity index (χ1v) is 11.6. The lowest BCUT2D eigenvalue weighted by atomic mass is 9.93. The van der Waals surface area contributed by atoms with Crippen molar-refractivity contribution in [2.24, 2.45) is 0 Å². The second-order valence-corrected chi connectivity index (χ2v) is 9.27. The van der Waals surface area contributed by atoms with Gasteiger partial charge in [0.1, 0.15) is 6.61 Å². The lowest BCUT2D eigenvalue weighted by Crippen LogP contribution is -2.34. The smallest absolute Gasteiger partial charge is 0.177 e. The van der Waals surface area contributed by atoms with Crippen LogP contribution in [0.15, 0.2) is 54.1 Å². The lowest BCUT2D eigenvalue weighted by molar-refractivity contribution is 0.194. The third kappa shape index (κ3) is 5.16. The average Bonchev–Trinajstić information content (AvgIpc) is 2.72. The molecule has 1 aliphatic rings. The van der Waals surface area contributed by atoms with Crippen LogP contribution in [0.2, 0.25) is 0 Å². The first kappa shape index (κ1) is 21.3. The van der Waals surface area contributed by atoms with E-state index < -0.39 is 9.84 Å². The van der Waals surface area contributed by atoms with Crippen LogP contribution in [0.5, 0.6) is 11.5 Å². The molecule has 0 aliphatic carbocycles. The Bertz CT molecular complexity index is 959. The van der Waals surface area contributed by atoms with E-state index in [1.807, 2.05) is 18.2 Å². The van der Waals surface area contributed by atoms with Crippen molar-refractivity contribution in [2.75, 3.05) is 33.1 Å². The van der Waals surface area contributed by atoms with Crippen molar-refractivity contribution in [1.29, 1.82) is 0 Å². The molecular weight excluding hydrogens is 388 g/mol. The van der Waals surface area contributed by atoms with E-state index in [-0.39, 0.29) is 5.92 Å². The number of rotatable bonds is 8. The standard InChI is InChI=1S/C22H28N2O4S/c1-4-14-28-22-18(8-5-10-19(22)27-2)16-24-13-7-9-17(15-24)21-20(29(3,25)26)11-6-12-23-21/h4-6,8,10-12,17H,1,7,9,13-16H2,2-3H3. The first-order chi connectivity index (χ1) is 13.9. The Morgan fingerprint density at radius 1 is 1.31 bits per heavy atom. The highest BCUT2D eigenvalue weighted by Crippen LogP contribution is 2.34. The number of hydrogen-bond acceptors (Lipinski definition) is 6. The minimum atomic E-state index is -3.31. The van der Waals surface area contributed by atoms with Gasteiger partial charge in [-0.15, -0.1) is 0 Å². The van der Waals surface area contributed by atoms with Crippen LogP contribution in [0.25, 0.3) is 0 Å². The van der Waals surface area contributed by atoms with Crippen molar-refractivity contribution in [2.45, 2.75) is 30.2 Å². The molecular formula is C22H28N2O4S. The van der Waals surface area contributed by atoms with E-state index in [0.29, 0.717) is 29.5 Å². The van der Waals surface area contributed by atoms with Crippen molar-refractivity contribution < 1.29 is 17.9 Å². The Morgan fingerprint density at radius 2 is 2.14 bits per heavy atom. The Balaban J connectivity index is 1.82. The minimum absolute atomic E-state index is 0.0813. The van der Waals surface area contributed by atoms with E-state index in [4.69, 9.17) is 9.47 Å². The zero-order valence-corrected chi connectivity index (χ0v) is 17.8. The zero-order valence-electron chi connectivity index (χ0n) is 17.0. The highest BCUT2D eigenvalue weighted by atomic mass is 32.2. The fraction of sp³-hybridized carbons (Fsp3) is 0.409. The predicted molar refractivity (Wildman–Crippen MR) is 113 cm³/mol. The molecule has 2 aromatic rings. The topological polar surface area (TPSA) is 68.7 Å². The summed E-state index contributed by atoms with van der Waals surface area (Å²) < 4.78 is 35.7. The molecule has 1 fully saturated rings. The molecule has 156 valence electrons. The van der Waals surface area contributed by atoms with Crippen LogP contribution in [0.1, 0.15) is 30.0 Å². The fourth-order valence-electron chi connectivity index (χ4n) is 3.84. The van der Waals surface area contributed by atoms with Crippen molar-refractivity contribution in [3.63, 3.8) is 0 Å². The molecule has 6 nitrogen and oxygen atoms in total. The van der Waals surface area contributed by atoms with Gasteiger partial charge in [-0.2, -0.15) is 0 Å². The van der Waals surface area contributed by atoms with Gasteiger partial charge in [0.05, 0.1) is 17.7 Å². The summed E-state index contributed by atoms with van der Waals surface area (Å²) >= 11 is 0. The molecule has 1 aromatic carbocycles. The van der Waals surface area contributed by atoms with Gasteiger partial charge in [0.25, 0.3) is 0 Å². The van der Waals surface area contributed by atoms with Gasteiger partial charge in [-0.25, -0.2) is 8.42 Å². The summed E-state index contributed by atoms with van der Waals surface area (Å²) in [5, 5.41) is 0. The molecule has 1 aliphatic heterocycles. The van der Waals surface area contributed by atoms with Crippen molar-refractivity contribution in [1.82, 2.24) is 9.88 Å². The van der Waals surface area contributed by atoms with E-state index in [1.165, 1.54) is 6.26 Å². The molecule has 0 amide bonds. The van der Waals surface area contributed by atoms with Gasteiger partial charge in [-0.05, 0) is 37.6 Å². The van der Waals surface area contributed by atoms with Crippen LogP contribution >= 0.6 is 0 Å². The van der Waals surface area contributed by atoms with Crippen LogP contribution in [0.3, 0.4) is 0 Å². The van der Waals surface area contributed by atoms with Crippen LogP contribution in [0, 0.1) is 0 Å². The van der Waals surface area contributed by atoms with Gasteiger partial charge in [0, 0.05) is 37.0 Å². The molecule has 1 unspecified atom stereocenters. The van der Waals surface area contributed by atoms with Crippen molar-refractivity contribution in [3.8, 4) is 11.5 Å². The molecule has 0 saturated carbocycles. The number of aromatic nitrogens is 1. The Hall–Kier alpha value is -2.38. The summed E-state index contributed by atoms with van der Waals surface area (Å²) in [6.07, 6.45) is 6.53. The van der Waals surface area contributed by atoms with Crippen LogP contribution in [-0.2, 0) is 16.4 Å². The maximum atomic E-state index is 12.2. The average molecular weight is 417 g/mol. The summed E-state index contributed by atoms with van der Waals surface area (Å²) in [4.78, 5) is 7.09. The Morgan fingerprint density at radius 3 is 2.86 bits per heavy atom. The number of methoxy groups -OCH3 is 1. The molecule has 7 heteroatoms. The molecule has 0 N–H and O–H groups in total. The summed E-state index contributed by atoms with van der Waals surface area (Å²) in [5.41, 5.74) is 1.71. The Labute approximate surface area is 173 Å². The SMILES string of the molecule is C=CCOc1c(CN2CCCC(c3ncccc3S(C)(=O)=O)C2)cccc1OC. The number of benzene rings is 1. The second kappa shape index (κ2) is 9.41. The largest absolute Gasteiger partial charge is 0.493 e. The van der Waals surface area contributed by atoms with E-state index in [2.05, 4.69) is 16.5 Å². The minimum Gasteiger partial charge on any atom is -0.493 e. The zero-order chi connectivity index (χ0) is 20.9. The molecule has 2 heterocycles. The van der Waals surface area contributed by atoms with Crippen LogP contribution in [-0.4, -0.2) is 51.4 Å². The number of hydrogen-bond donors (Lipinski definition) is 0. The molecule has 0 radical (unpaired) electrons. The van der Waals surface area contributed by atoms with E-state index in [1.54, 1.807) is 31.5 Å². The predicted octanol–water partition coefficient (Wildman–Crippen LogP) is 3.44. The van der Waals surface area contributed by atoms with Crippen molar-refractivity contribution >= 4 is 9.84 Å². The van der Waals surface area contributed by atoms with Gasteiger partial charge in [-0.3, -0.25) is 9.88 Å². The number of piperidine rings is 1. The maximum absolute atomic E-state index is 12.2. The molecule has 1 saturated heterocycles. The van der Waals surface area contributed by atoms with Gasteiger partial charge >= 0.3 is 0 Å². The third-order valence-corrected chi connectivity index (χ3v) is 6.26. The molecule has 29 heavy (non-hydrogen) atoms. The van der Waals surface area contributed by atoms with Crippen LogP contribution < -0.4 is 9.47 Å². The normalized spacial score (nSPS) is 17.7. The molecule has 0 bridgehead atoms. The van der Waals surface area contributed by atoms with Gasteiger partial charge in [-0.1, -0.05) is 24.8 Å². The number of likely N-dealkylation sites (tertiary alicyclic amines) is 1. The van der Waals surface area contributed by atoms with Gasteiger partial charge in [0.15, 0.2) is 21.3 Å². The number of sulfone groups is 1. The summed E-state index contributed by atoms with van der Waals surface area (Å²) in [5.74, 6) is 1.51. The second-order valence-electron chi connectivity index (χ2n) is 7.28. The van der Waals surface area contributed by atoms with E-state index >= 15 is 0 Å². The summed E-state index contributed by atoms with van der Waals surface area (Å²) in [6, 6.07) is 9.21. The van der Waals surface area contributed by atoms with Gasteiger partial charge < -0.3 is 9.47 Å². The monoisotopic (exact) mass is 416 g/mol. The van der Waals surface area contributed by atoms with Gasteiger partial charge in [0.2, 0.25) is 0 Å². The Kier molecular flexibility index (Phi) is 6.92. The quantitative estimate of drug-likeness (QED) is 0.614. The lowest BCUT2D eigenvalue weighted by Gasteiger charge is -2.33. The van der Waals surface area contributed by atoms with Crippen molar-refractivity contribution in [3.05, 3.63) is 60.4 Å². The molecule has 1 aromatic heterocycles. The van der Waals surface area contributed by atoms with E-state index in [9.17, 15) is 8.42 Å². The summed E-state index contributed by atoms with van der Waals surface area (Å²) in [7, 11) is -1.68. The maximum Gasteiger partial charge on any atom is 0.177 e. The highest BCUT2D eigenvalue weighted by Gasteiger charge is 2.27. The number of para-hydroxylation sites is 1. The number of ether oxygens (including phenoxy) is 2. The molecule has 3 rings (SSSR count). The van der Waals surface area contributed by atoms with Crippen LogP contribution in [0.4, 0.5) is 0 Å². The number of pyridine rings is 1. The van der Waals surface area contributed by atoms with E-state index in [0.717, 1.165) is 37.2 Å². The highest BCUT2D eigenvalue weighted by molar-refractivity contribution is 7.90.